The second-order valence-electron chi connectivity index (χ2n) is 5.50. The molecule has 0 aromatic carbocycles. The van der Waals surface area contributed by atoms with E-state index in [1.165, 1.54) is 4.88 Å². The van der Waals surface area contributed by atoms with Crippen LogP contribution in [0.3, 0.4) is 0 Å². The fourth-order valence-electron chi connectivity index (χ4n) is 2.61. The molecule has 0 aliphatic carbocycles. The van der Waals surface area contributed by atoms with Gasteiger partial charge in [0.15, 0.2) is 0 Å². The number of nitrogens with one attached hydrogen (secondary N) is 1. The SMILES string of the molecule is CCCNc1nc(N(C)C2CCOC2)c2cc(C)sc2n1. The Kier molecular flexibility index (Phi) is 4.26. The lowest BCUT2D eigenvalue weighted by Gasteiger charge is -2.25. The van der Waals surface area contributed by atoms with E-state index in [2.05, 4.69) is 42.2 Å². The Morgan fingerprint density at radius 3 is 3.05 bits per heavy atom. The van der Waals surface area contributed by atoms with Gasteiger partial charge in [-0.25, -0.2) is 4.98 Å². The number of rotatable bonds is 5. The van der Waals surface area contributed by atoms with E-state index in [0.29, 0.717) is 6.04 Å². The van der Waals surface area contributed by atoms with Crippen LogP contribution in [0.5, 0.6) is 0 Å². The van der Waals surface area contributed by atoms with Crippen molar-refractivity contribution in [3.8, 4) is 0 Å². The largest absolute Gasteiger partial charge is 0.379 e. The monoisotopic (exact) mass is 306 g/mol. The van der Waals surface area contributed by atoms with Gasteiger partial charge in [0, 0.05) is 25.1 Å². The Morgan fingerprint density at radius 2 is 2.33 bits per heavy atom. The molecule has 1 fully saturated rings. The number of fused-ring (bicyclic) bond motifs is 1. The summed E-state index contributed by atoms with van der Waals surface area (Å²) in [6.07, 6.45) is 2.12. The first kappa shape index (κ1) is 14.5. The molecule has 0 saturated carbocycles. The third kappa shape index (κ3) is 2.96. The first-order valence-corrected chi connectivity index (χ1v) is 8.33. The van der Waals surface area contributed by atoms with Crippen LogP contribution in [0.25, 0.3) is 10.2 Å². The molecule has 3 rings (SSSR count). The van der Waals surface area contributed by atoms with E-state index in [0.717, 1.165) is 54.6 Å². The average Bonchev–Trinajstić information content (AvgIpc) is 3.11. The fourth-order valence-corrected chi connectivity index (χ4v) is 3.49. The van der Waals surface area contributed by atoms with Crippen molar-refractivity contribution in [1.82, 2.24) is 9.97 Å². The summed E-state index contributed by atoms with van der Waals surface area (Å²) in [7, 11) is 2.11. The zero-order valence-electron chi connectivity index (χ0n) is 12.8. The van der Waals surface area contributed by atoms with Gasteiger partial charge in [-0.15, -0.1) is 11.3 Å². The topological polar surface area (TPSA) is 50.3 Å². The van der Waals surface area contributed by atoms with Gasteiger partial charge in [0.05, 0.1) is 18.0 Å². The number of thiophene rings is 1. The molecule has 2 aromatic heterocycles. The Bertz CT molecular complexity index is 621. The molecular weight excluding hydrogens is 284 g/mol. The minimum atomic E-state index is 0.405. The van der Waals surface area contributed by atoms with E-state index in [9.17, 15) is 0 Å². The van der Waals surface area contributed by atoms with Crippen LogP contribution < -0.4 is 10.2 Å². The molecule has 5 nitrogen and oxygen atoms in total. The highest BCUT2D eigenvalue weighted by atomic mass is 32.1. The molecule has 1 atom stereocenters. The maximum Gasteiger partial charge on any atom is 0.226 e. The number of aryl methyl sites for hydroxylation is 1. The van der Waals surface area contributed by atoms with Gasteiger partial charge in [-0.3, -0.25) is 0 Å². The second-order valence-corrected chi connectivity index (χ2v) is 6.74. The molecule has 0 bridgehead atoms. The Morgan fingerprint density at radius 1 is 1.48 bits per heavy atom. The van der Waals surface area contributed by atoms with Crippen LogP contribution in [0.1, 0.15) is 24.6 Å². The molecule has 1 unspecified atom stereocenters. The van der Waals surface area contributed by atoms with E-state index in [-0.39, 0.29) is 0 Å². The van der Waals surface area contributed by atoms with Crippen molar-refractivity contribution >= 4 is 33.3 Å². The average molecular weight is 306 g/mol. The maximum atomic E-state index is 5.51. The molecule has 1 N–H and O–H groups in total. The molecule has 6 heteroatoms. The lowest BCUT2D eigenvalue weighted by atomic mass is 10.2. The van der Waals surface area contributed by atoms with E-state index in [1.54, 1.807) is 11.3 Å². The molecule has 0 radical (unpaired) electrons. The Hall–Kier alpha value is -1.40. The summed E-state index contributed by atoms with van der Waals surface area (Å²) in [5.74, 6) is 1.74. The normalized spacial score (nSPS) is 18.3. The van der Waals surface area contributed by atoms with E-state index in [4.69, 9.17) is 9.72 Å². The highest BCUT2D eigenvalue weighted by molar-refractivity contribution is 7.18. The second kappa shape index (κ2) is 6.15. The number of nitrogens with zero attached hydrogens (tertiary/aromatic N) is 3. The molecular formula is C15H22N4OS. The predicted molar refractivity (Wildman–Crippen MR) is 88.6 cm³/mol. The number of aromatic nitrogens is 2. The van der Waals surface area contributed by atoms with Gasteiger partial charge in [-0.05, 0) is 25.8 Å². The highest BCUT2D eigenvalue weighted by Crippen LogP contribution is 2.32. The van der Waals surface area contributed by atoms with Crippen molar-refractivity contribution in [2.24, 2.45) is 0 Å². The summed E-state index contributed by atoms with van der Waals surface area (Å²) in [4.78, 5) is 14.0. The van der Waals surface area contributed by atoms with Crippen LogP contribution in [0, 0.1) is 6.92 Å². The molecule has 21 heavy (non-hydrogen) atoms. The smallest absolute Gasteiger partial charge is 0.226 e. The van der Waals surface area contributed by atoms with Crippen molar-refractivity contribution < 1.29 is 4.74 Å². The minimum absolute atomic E-state index is 0.405. The van der Waals surface area contributed by atoms with Crippen LogP contribution in [-0.2, 0) is 4.74 Å². The van der Waals surface area contributed by atoms with Gasteiger partial charge in [0.2, 0.25) is 5.95 Å². The van der Waals surface area contributed by atoms with Gasteiger partial charge in [-0.1, -0.05) is 6.92 Å². The third-order valence-corrected chi connectivity index (χ3v) is 4.76. The molecule has 1 aliphatic rings. The summed E-state index contributed by atoms with van der Waals surface area (Å²) in [5.41, 5.74) is 0. The predicted octanol–water partition coefficient (Wildman–Crippen LogP) is 3.05. The van der Waals surface area contributed by atoms with Gasteiger partial charge in [0.1, 0.15) is 10.6 Å². The molecule has 1 aliphatic heterocycles. The van der Waals surface area contributed by atoms with E-state index >= 15 is 0 Å². The summed E-state index contributed by atoms with van der Waals surface area (Å²) in [6, 6.07) is 2.59. The zero-order valence-corrected chi connectivity index (χ0v) is 13.7. The molecule has 2 aromatic rings. The minimum Gasteiger partial charge on any atom is -0.379 e. The summed E-state index contributed by atoms with van der Waals surface area (Å²) >= 11 is 1.72. The van der Waals surface area contributed by atoms with Crippen LogP contribution in [-0.4, -0.2) is 42.8 Å². The van der Waals surface area contributed by atoms with Crippen molar-refractivity contribution in [2.75, 3.05) is 37.0 Å². The van der Waals surface area contributed by atoms with E-state index in [1.807, 2.05) is 0 Å². The summed E-state index contributed by atoms with van der Waals surface area (Å²) in [6.45, 7) is 6.78. The van der Waals surface area contributed by atoms with E-state index < -0.39 is 0 Å². The highest BCUT2D eigenvalue weighted by Gasteiger charge is 2.24. The number of hydrogen-bond donors (Lipinski definition) is 1. The Labute approximate surface area is 129 Å². The lowest BCUT2D eigenvalue weighted by Crippen LogP contribution is -2.32. The van der Waals surface area contributed by atoms with Crippen molar-refractivity contribution in [3.63, 3.8) is 0 Å². The van der Waals surface area contributed by atoms with Crippen LogP contribution in [0.15, 0.2) is 6.07 Å². The van der Waals surface area contributed by atoms with Crippen molar-refractivity contribution in [2.45, 2.75) is 32.7 Å². The van der Waals surface area contributed by atoms with Crippen molar-refractivity contribution in [1.29, 1.82) is 0 Å². The number of hydrogen-bond acceptors (Lipinski definition) is 6. The number of likely N-dealkylation sites (N-methyl/N-ethyl adjacent to an activating group) is 1. The van der Waals surface area contributed by atoms with Gasteiger partial charge in [0.25, 0.3) is 0 Å². The van der Waals surface area contributed by atoms with Gasteiger partial charge >= 0.3 is 0 Å². The standard InChI is InChI=1S/C15H22N4OS/c1-4-6-16-15-17-13(19(3)11-5-7-20-9-11)12-8-10(2)21-14(12)18-15/h8,11H,4-7,9H2,1-3H3,(H,16,17,18). The zero-order chi connectivity index (χ0) is 14.8. The molecule has 1 saturated heterocycles. The quantitative estimate of drug-likeness (QED) is 0.920. The first-order valence-electron chi connectivity index (χ1n) is 7.51. The summed E-state index contributed by atoms with van der Waals surface area (Å²) in [5, 5.41) is 4.46. The third-order valence-electron chi connectivity index (χ3n) is 3.82. The molecule has 114 valence electrons. The first-order chi connectivity index (χ1) is 10.2. The summed E-state index contributed by atoms with van der Waals surface area (Å²) < 4.78 is 5.51. The molecule has 0 amide bonds. The van der Waals surface area contributed by atoms with Gasteiger partial charge < -0.3 is 15.0 Å². The number of anilines is 2. The molecule has 0 spiro atoms. The van der Waals surface area contributed by atoms with Gasteiger partial charge in [-0.2, -0.15) is 4.98 Å². The van der Waals surface area contributed by atoms with Crippen molar-refractivity contribution in [3.05, 3.63) is 10.9 Å². The van der Waals surface area contributed by atoms with Crippen LogP contribution in [0.2, 0.25) is 0 Å². The number of ether oxygens (including phenoxy) is 1. The lowest BCUT2D eigenvalue weighted by molar-refractivity contribution is 0.193. The maximum absolute atomic E-state index is 5.51. The van der Waals surface area contributed by atoms with Crippen LogP contribution in [0.4, 0.5) is 11.8 Å². The van der Waals surface area contributed by atoms with Crippen LogP contribution >= 0.6 is 11.3 Å². The molecule has 3 heterocycles. The fraction of sp³-hybridized carbons (Fsp3) is 0.600. The Balaban J connectivity index is 2.00.